The van der Waals surface area contributed by atoms with E-state index in [1.54, 1.807) is 0 Å². The van der Waals surface area contributed by atoms with E-state index >= 15 is 0 Å². The molecule has 0 aromatic heterocycles. The minimum atomic E-state index is -0.174. The molecular formula is C16H34NO2+. The fourth-order valence-electron chi connectivity index (χ4n) is 2.22. The molecule has 0 amide bonds. The van der Waals surface area contributed by atoms with E-state index in [2.05, 4.69) is 21.0 Å². The van der Waals surface area contributed by atoms with Gasteiger partial charge in [0.25, 0.3) is 0 Å². The largest absolute Gasteiger partial charge is 0.460 e. The summed E-state index contributed by atoms with van der Waals surface area (Å²) < 4.78 is 5.95. The van der Waals surface area contributed by atoms with Crippen molar-refractivity contribution in [3.8, 4) is 0 Å². The SMILES string of the molecule is CCCCCCCCCC[N+](C)(C)CCOC(C)=O. The highest BCUT2D eigenvalue weighted by molar-refractivity contribution is 5.65. The summed E-state index contributed by atoms with van der Waals surface area (Å²) in [5.74, 6) is -0.174. The van der Waals surface area contributed by atoms with Gasteiger partial charge in [-0.25, -0.2) is 0 Å². The highest BCUT2D eigenvalue weighted by Crippen LogP contribution is 2.10. The molecule has 0 fully saturated rings. The Labute approximate surface area is 119 Å². The number of ether oxygens (including phenoxy) is 1. The molecule has 0 aliphatic rings. The van der Waals surface area contributed by atoms with Crippen LogP contribution >= 0.6 is 0 Å². The third kappa shape index (κ3) is 13.7. The molecule has 0 saturated carbocycles. The highest BCUT2D eigenvalue weighted by Gasteiger charge is 2.14. The molecule has 0 unspecified atom stereocenters. The van der Waals surface area contributed by atoms with Crippen molar-refractivity contribution in [3.63, 3.8) is 0 Å². The van der Waals surface area contributed by atoms with Gasteiger partial charge in [0, 0.05) is 6.92 Å². The first-order valence-corrected chi connectivity index (χ1v) is 7.93. The van der Waals surface area contributed by atoms with Crippen LogP contribution in [0.4, 0.5) is 0 Å². The number of hydrogen-bond donors (Lipinski definition) is 0. The molecule has 0 heterocycles. The van der Waals surface area contributed by atoms with Crippen LogP contribution in [-0.4, -0.2) is 44.2 Å². The van der Waals surface area contributed by atoms with Crippen LogP contribution in [0.15, 0.2) is 0 Å². The maximum absolute atomic E-state index is 10.7. The fourth-order valence-corrected chi connectivity index (χ4v) is 2.22. The number of carbonyl (C=O) groups excluding carboxylic acids is 1. The van der Waals surface area contributed by atoms with Gasteiger partial charge in [-0.2, -0.15) is 0 Å². The molecular weight excluding hydrogens is 238 g/mol. The predicted octanol–water partition coefficient (Wildman–Crippen LogP) is 3.77. The summed E-state index contributed by atoms with van der Waals surface area (Å²) in [5.41, 5.74) is 0. The van der Waals surface area contributed by atoms with Crippen molar-refractivity contribution in [3.05, 3.63) is 0 Å². The third-order valence-corrected chi connectivity index (χ3v) is 3.62. The normalized spacial score (nSPS) is 11.6. The Bertz CT molecular complexity index is 227. The van der Waals surface area contributed by atoms with Crippen molar-refractivity contribution < 1.29 is 14.0 Å². The van der Waals surface area contributed by atoms with Crippen molar-refractivity contribution in [1.82, 2.24) is 0 Å². The van der Waals surface area contributed by atoms with Gasteiger partial charge in [0.15, 0.2) is 0 Å². The zero-order chi connectivity index (χ0) is 14.6. The van der Waals surface area contributed by atoms with Crippen LogP contribution in [0.3, 0.4) is 0 Å². The number of esters is 1. The smallest absolute Gasteiger partial charge is 0.302 e. The molecule has 0 atom stereocenters. The Morgan fingerprint density at radius 1 is 0.895 bits per heavy atom. The average Bonchev–Trinajstić information content (AvgIpc) is 2.31. The molecule has 0 saturated heterocycles. The molecule has 3 heteroatoms. The first-order valence-electron chi connectivity index (χ1n) is 7.93. The van der Waals surface area contributed by atoms with Gasteiger partial charge in [0.1, 0.15) is 13.2 Å². The van der Waals surface area contributed by atoms with E-state index in [1.165, 1.54) is 64.8 Å². The fraction of sp³-hybridized carbons (Fsp3) is 0.938. The minimum absolute atomic E-state index is 0.174. The van der Waals surface area contributed by atoms with E-state index in [4.69, 9.17) is 4.74 Å². The molecule has 114 valence electrons. The molecule has 0 spiro atoms. The second-order valence-corrected chi connectivity index (χ2v) is 6.20. The Morgan fingerprint density at radius 3 is 1.95 bits per heavy atom. The molecule has 19 heavy (non-hydrogen) atoms. The summed E-state index contributed by atoms with van der Waals surface area (Å²) in [6.07, 6.45) is 10.9. The van der Waals surface area contributed by atoms with Crippen molar-refractivity contribution in [1.29, 1.82) is 0 Å². The predicted molar refractivity (Wildman–Crippen MR) is 81.1 cm³/mol. The molecule has 0 bridgehead atoms. The lowest BCUT2D eigenvalue weighted by molar-refractivity contribution is -0.890. The van der Waals surface area contributed by atoms with Crippen LogP contribution in [0.5, 0.6) is 0 Å². The second kappa shape index (κ2) is 11.3. The summed E-state index contributed by atoms with van der Waals surface area (Å²) in [6, 6.07) is 0. The van der Waals surface area contributed by atoms with Crippen LogP contribution in [0, 0.1) is 0 Å². The second-order valence-electron chi connectivity index (χ2n) is 6.20. The maximum Gasteiger partial charge on any atom is 0.302 e. The molecule has 0 radical (unpaired) electrons. The third-order valence-electron chi connectivity index (χ3n) is 3.62. The minimum Gasteiger partial charge on any atom is -0.460 e. The molecule has 3 nitrogen and oxygen atoms in total. The first kappa shape index (κ1) is 18.4. The summed E-state index contributed by atoms with van der Waals surface area (Å²) in [7, 11) is 4.43. The van der Waals surface area contributed by atoms with Gasteiger partial charge < -0.3 is 9.22 Å². The van der Waals surface area contributed by atoms with Crippen molar-refractivity contribution in [2.45, 2.75) is 65.2 Å². The molecule has 0 N–H and O–H groups in total. The highest BCUT2D eigenvalue weighted by atomic mass is 16.5. The zero-order valence-electron chi connectivity index (χ0n) is 13.5. The molecule has 0 rings (SSSR count). The van der Waals surface area contributed by atoms with E-state index < -0.39 is 0 Å². The zero-order valence-corrected chi connectivity index (χ0v) is 13.5. The standard InChI is InChI=1S/C16H34NO2/c1-5-6-7-8-9-10-11-12-13-17(3,4)14-15-19-16(2)18/h5-15H2,1-4H3/q+1. The van der Waals surface area contributed by atoms with Gasteiger partial charge in [0.05, 0.1) is 20.6 Å². The number of quaternary nitrogens is 1. The van der Waals surface area contributed by atoms with Crippen LogP contribution in [-0.2, 0) is 9.53 Å². The van der Waals surface area contributed by atoms with Gasteiger partial charge in [-0.1, -0.05) is 45.4 Å². The molecule has 0 aliphatic carbocycles. The summed E-state index contributed by atoms with van der Waals surface area (Å²) in [5, 5.41) is 0. The number of hydrogen-bond acceptors (Lipinski definition) is 2. The van der Waals surface area contributed by atoms with E-state index in [-0.39, 0.29) is 5.97 Å². The van der Waals surface area contributed by atoms with Crippen molar-refractivity contribution >= 4 is 5.97 Å². The van der Waals surface area contributed by atoms with Gasteiger partial charge >= 0.3 is 5.97 Å². The Balaban J connectivity index is 3.39. The number of carbonyl (C=O) groups is 1. The Kier molecular flexibility index (Phi) is 10.9. The van der Waals surface area contributed by atoms with Crippen LogP contribution in [0.1, 0.15) is 65.2 Å². The van der Waals surface area contributed by atoms with Gasteiger partial charge in [0.2, 0.25) is 0 Å². The number of likely N-dealkylation sites (N-methyl/N-ethyl adjacent to an activating group) is 1. The molecule has 0 aromatic carbocycles. The Hall–Kier alpha value is -0.570. The van der Waals surface area contributed by atoms with Crippen LogP contribution < -0.4 is 0 Å². The summed E-state index contributed by atoms with van der Waals surface area (Å²) in [4.78, 5) is 10.7. The van der Waals surface area contributed by atoms with E-state index in [9.17, 15) is 4.79 Å². The van der Waals surface area contributed by atoms with Gasteiger partial charge in [-0.15, -0.1) is 0 Å². The number of nitrogens with zero attached hydrogens (tertiary/aromatic N) is 1. The van der Waals surface area contributed by atoms with Crippen LogP contribution in [0.25, 0.3) is 0 Å². The van der Waals surface area contributed by atoms with Crippen molar-refractivity contribution in [2.24, 2.45) is 0 Å². The first-order chi connectivity index (χ1) is 8.98. The van der Waals surface area contributed by atoms with Crippen LogP contribution in [0.2, 0.25) is 0 Å². The molecule has 0 aliphatic heterocycles. The Morgan fingerprint density at radius 2 is 1.42 bits per heavy atom. The van der Waals surface area contributed by atoms with E-state index in [0.717, 1.165) is 11.0 Å². The molecule has 0 aromatic rings. The maximum atomic E-state index is 10.7. The number of rotatable bonds is 12. The lowest BCUT2D eigenvalue weighted by Crippen LogP contribution is -2.43. The lowest BCUT2D eigenvalue weighted by atomic mass is 10.1. The van der Waals surface area contributed by atoms with Gasteiger partial charge in [-0.3, -0.25) is 4.79 Å². The van der Waals surface area contributed by atoms with E-state index in [0.29, 0.717) is 6.61 Å². The quantitative estimate of drug-likeness (QED) is 0.307. The summed E-state index contributed by atoms with van der Waals surface area (Å²) >= 11 is 0. The average molecular weight is 272 g/mol. The number of unbranched alkanes of at least 4 members (excludes halogenated alkanes) is 7. The monoisotopic (exact) mass is 272 g/mol. The van der Waals surface area contributed by atoms with Gasteiger partial charge in [-0.05, 0) is 12.8 Å². The summed E-state index contributed by atoms with van der Waals surface area (Å²) in [6.45, 7) is 6.36. The van der Waals surface area contributed by atoms with E-state index in [1.807, 2.05) is 0 Å². The van der Waals surface area contributed by atoms with Crippen molar-refractivity contribution in [2.75, 3.05) is 33.8 Å². The lowest BCUT2D eigenvalue weighted by Gasteiger charge is -2.29. The topological polar surface area (TPSA) is 26.3 Å².